The van der Waals surface area contributed by atoms with Crippen LogP contribution in [0.15, 0.2) is 47.4 Å². The van der Waals surface area contributed by atoms with Crippen LogP contribution in [0, 0.1) is 0 Å². The second-order valence-electron chi connectivity index (χ2n) is 6.21. The number of thioether (sulfide) groups is 1. The molecule has 2 aromatic rings. The van der Waals surface area contributed by atoms with Crippen LogP contribution < -0.4 is 15.0 Å². The predicted octanol–water partition coefficient (Wildman–Crippen LogP) is 3.50. The quantitative estimate of drug-likeness (QED) is 0.719. The number of anilines is 1. The van der Waals surface area contributed by atoms with Gasteiger partial charge in [-0.05, 0) is 42.4 Å². The maximum Gasteiger partial charge on any atom is 0.257 e. The zero-order valence-electron chi connectivity index (χ0n) is 15.3. The van der Waals surface area contributed by atoms with Crippen LogP contribution in [0.4, 0.5) is 5.69 Å². The highest BCUT2D eigenvalue weighted by molar-refractivity contribution is 7.99. The van der Waals surface area contributed by atoms with Crippen LogP contribution in [0.3, 0.4) is 0 Å². The molecule has 1 aliphatic rings. The number of carbonyl (C=O) groups is 1. The number of rotatable bonds is 6. The molecule has 0 radical (unpaired) electrons. The van der Waals surface area contributed by atoms with Crippen molar-refractivity contribution in [3.05, 3.63) is 53.1 Å². The van der Waals surface area contributed by atoms with Gasteiger partial charge in [0.15, 0.2) is 0 Å². The number of methoxy groups -OCH3 is 1. The van der Waals surface area contributed by atoms with Gasteiger partial charge in [0.1, 0.15) is 11.9 Å². The third-order valence-electron chi connectivity index (χ3n) is 4.48. The van der Waals surface area contributed by atoms with Gasteiger partial charge in [0, 0.05) is 23.0 Å². The summed E-state index contributed by atoms with van der Waals surface area (Å²) >= 11 is 7.66. The normalized spacial score (nSPS) is 19.6. The van der Waals surface area contributed by atoms with E-state index in [-0.39, 0.29) is 5.91 Å². The summed E-state index contributed by atoms with van der Waals surface area (Å²) in [5.74, 6) is 0.427. The lowest BCUT2D eigenvalue weighted by atomic mass is 10.1. The molecule has 2 aromatic carbocycles. The highest BCUT2D eigenvalue weighted by Gasteiger charge is 2.37. The lowest BCUT2D eigenvalue weighted by Gasteiger charge is -2.25. The van der Waals surface area contributed by atoms with E-state index >= 15 is 0 Å². The molecule has 0 fully saturated rings. The first-order valence-corrected chi connectivity index (χ1v) is 10.1. The van der Waals surface area contributed by atoms with Gasteiger partial charge in [-0.3, -0.25) is 4.79 Å². The molecule has 0 aliphatic carbocycles. The second-order valence-corrected chi connectivity index (χ2v) is 7.83. The molecule has 5 nitrogen and oxygen atoms in total. The van der Waals surface area contributed by atoms with E-state index in [9.17, 15) is 9.90 Å². The molecule has 2 unspecified atom stereocenters. The Labute approximate surface area is 168 Å². The van der Waals surface area contributed by atoms with Crippen molar-refractivity contribution in [2.75, 3.05) is 31.6 Å². The van der Waals surface area contributed by atoms with Gasteiger partial charge in [-0.1, -0.05) is 30.7 Å². The zero-order chi connectivity index (χ0) is 19.4. The molecule has 0 saturated carbocycles. The van der Waals surface area contributed by atoms with Crippen molar-refractivity contribution in [3.63, 3.8) is 0 Å². The zero-order valence-corrected chi connectivity index (χ0v) is 16.9. The van der Waals surface area contributed by atoms with E-state index in [0.29, 0.717) is 18.1 Å². The molecule has 3 rings (SSSR count). The van der Waals surface area contributed by atoms with Crippen LogP contribution in [-0.4, -0.2) is 43.9 Å². The number of carbonyl (C=O) groups excluding carboxylic acids is 1. The lowest BCUT2D eigenvalue weighted by molar-refractivity contribution is -0.126. The van der Waals surface area contributed by atoms with Gasteiger partial charge >= 0.3 is 0 Å². The molecule has 0 saturated heterocycles. The summed E-state index contributed by atoms with van der Waals surface area (Å²) in [7, 11) is 1.61. The van der Waals surface area contributed by atoms with Crippen LogP contribution in [0.25, 0.3) is 0 Å². The number of halogens is 1. The number of hydrogen-bond acceptors (Lipinski definition) is 5. The van der Waals surface area contributed by atoms with E-state index in [4.69, 9.17) is 16.3 Å². The summed E-state index contributed by atoms with van der Waals surface area (Å²) in [6, 6.07) is 12.9. The summed E-state index contributed by atoms with van der Waals surface area (Å²) in [6.07, 6.45) is -1.16. The van der Waals surface area contributed by atoms with E-state index in [2.05, 4.69) is 5.32 Å². The molecule has 1 aliphatic heterocycles. The SMILES string of the molecule is CCNCCN1C(=O)C(O)C(c2ccc(OC)cc2)Sc2cc(Cl)ccc21. The van der Waals surface area contributed by atoms with Crippen LogP contribution in [0.5, 0.6) is 5.75 Å². The average molecular weight is 407 g/mol. The van der Waals surface area contributed by atoms with Crippen LogP contribution in [0.2, 0.25) is 5.02 Å². The molecule has 1 amide bonds. The van der Waals surface area contributed by atoms with Crippen LogP contribution in [0.1, 0.15) is 17.7 Å². The Bertz CT molecular complexity index is 800. The van der Waals surface area contributed by atoms with Crippen molar-refractivity contribution in [2.45, 2.75) is 23.2 Å². The molecule has 7 heteroatoms. The Hall–Kier alpha value is -1.73. The van der Waals surface area contributed by atoms with Crippen molar-refractivity contribution in [1.29, 1.82) is 0 Å². The van der Waals surface area contributed by atoms with Gasteiger partial charge in [0.2, 0.25) is 0 Å². The van der Waals surface area contributed by atoms with E-state index < -0.39 is 11.4 Å². The van der Waals surface area contributed by atoms with E-state index in [0.717, 1.165) is 28.4 Å². The van der Waals surface area contributed by atoms with Gasteiger partial charge in [0.05, 0.1) is 18.0 Å². The van der Waals surface area contributed by atoms with Crippen molar-refractivity contribution < 1.29 is 14.6 Å². The smallest absolute Gasteiger partial charge is 0.257 e. The molecule has 0 bridgehead atoms. The third kappa shape index (κ3) is 4.41. The third-order valence-corrected chi connectivity index (χ3v) is 6.08. The summed E-state index contributed by atoms with van der Waals surface area (Å²) < 4.78 is 5.20. The highest BCUT2D eigenvalue weighted by atomic mass is 35.5. The molecular formula is C20H23ClN2O3S. The Balaban J connectivity index is 1.98. The van der Waals surface area contributed by atoms with Gasteiger partial charge in [-0.15, -0.1) is 11.8 Å². The fourth-order valence-corrected chi connectivity index (χ4v) is 4.60. The first kappa shape index (κ1) is 20.0. The minimum atomic E-state index is -1.16. The molecule has 1 heterocycles. The number of fused-ring (bicyclic) bond motifs is 1. The van der Waals surface area contributed by atoms with Crippen molar-refractivity contribution >= 4 is 35.0 Å². The maximum absolute atomic E-state index is 13.1. The summed E-state index contributed by atoms with van der Waals surface area (Å²) in [5, 5.41) is 14.3. The number of ether oxygens (including phenoxy) is 1. The number of amides is 1. The predicted molar refractivity (Wildman–Crippen MR) is 110 cm³/mol. The van der Waals surface area contributed by atoms with Crippen molar-refractivity contribution in [1.82, 2.24) is 5.32 Å². The number of aliphatic hydroxyl groups excluding tert-OH is 1. The highest BCUT2D eigenvalue weighted by Crippen LogP contribution is 2.46. The molecule has 0 spiro atoms. The van der Waals surface area contributed by atoms with Gasteiger partial charge in [-0.25, -0.2) is 0 Å². The first-order valence-electron chi connectivity index (χ1n) is 8.85. The molecular weight excluding hydrogens is 384 g/mol. The number of hydrogen-bond donors (Lipinski definition) is 2. The monoisotopic (exact) mass is 406 g/mol. The van der Waals surface area contributed by atoms with Crippen molar-refractivity contribution in [2.24, 2.45) is 0 Å². The maximum atomic E-state index is 13.1. The molecule has 0 aromatic heterocycles. The van der Waals surface area contributed by atoms with E-state index in [1.54, 1.807) is 18.1 Å². The largest absolute Gasteiger partial charge is 0.497 e. The van der Waals surface area contributed by atoms with Crippen LogP contribution >= 0.6 is 23.4 Å². The molecule has 2 atom stereocenters. The standard InChI is InChI=1S/C20H23ClN2O3S/c1-3-22-10-11-23-16-9-6-14(21)12-17(16)27-19(18(24)20(23)25)13-4-7-15(26-2)8-5-13/h4-9,12,18-19,22,24H,3,10-11H2,1-2H3. The van der Waals surface area contributed by atoms with E-state index in [1.165, 1.54) is 11.8 Å². The van der Waals surface area contributed by atoms with Gasteiger partial charge in [-0.2, -0.15) is 0 Å². The molecule has 27 heavy (non-hydrogen) atoms. The number of nitrogens with one attached hydrogen (secondary N) is 1. The van der Waals surface area contributed by atoms with Gasteiger partial charge in [0.25, 0.3) is 5.91 Å². The molecule has 2 N–H and O–H groups in total. The summed E-state index contributed by atoms with van der Waals surface area (Å²) in [5.41, 5.74) is 1.64. The van der Waals surface area contributed by atoms with Crippen molar-refractivity contribution in [3.8, 4) is 5.75 Å². The summed E-state index contributed by atoms with van der Waals surface area (Å²) in [6.45, 7) is 3.97. The van der Waals surface area contributed by atoms with E-state index in [1.807, 2.05) is 43.3 Å². The summed E-state index contributed by atoms with van der Waals surface area (Å²) in [4.78, 5) is 15.6. The molecule has 144 valence electrons. The Kier molecular flexibility index (Phi) is 6.65. The topological polar surface area (TPSA) is 61.8 Å². The minimum absolute atomic E-state index is 0.303. The Morgan fingerprint density at radius 2 is 2.00 bits per heavy atom. The second kappa shape index (κ2) is 8.97. The fourth-order valence-electron chi connectivity index (χ4n) is 3.06. The fraction of sp³-hybridized carbons (Fsp3) is 0.350. The number of likely N-dealkylation sites (N-methyl/N-ethyl adjacent to an activating group) is 1. The minimum Gasteiger partial charge on any atom is -0.497 e. The lowest BCUT2D eigenvalue weighted by Crippen LogP contribution is -2.43. The Morgan fingerprint density at radius 1 is 1.26 bits per heavy atom. The number of benzene rings is 2. The number of aliphatic hydroxyl groups is 1. The Morgan fingerprint density at radius 3 is 2.67 bits per heavy atom. The average Bonchev–Trinajstić information content (AvgIpc) is 2.78. The van der Waals surface area contributed by atoms with Gasteiger partial charge < -0.3 is 20.1 Å². The van der Waals surface area contributed by atoms with Crippen LogP contribution in [-0.2, 0) is 4.79 Å². The number of nitrogens with zero attached hydrogens (tertiary/aromatic N) is 1. The first-order chi connectivity index (χ1) is 13.0.